The van der Waals surface area contributed by atoms with Gasteiger partial charge in [0.15, 0.2) is 0 Å². The molecule has 0 aromatic carbocycles. The quantitative estimate of drug-likeness (QED) is 0.753. The molecule has 0 aliphatic carbocycles. The van der Waals surface area contributed by atoms with Crippen molar-refractivity contribution in [1.82, 2.24) is 25.0 Å². The molecule has 0 aliphatic rings. The first kappa shape index (κ1) is 14.1. The number of nitrogens with zero attached hydrogens (tertiary/aromatic N) is 3. The first-order chi connectivity index (χ1) is 9.13. The van der Waals surface area contributed by atoms with Gasteiger partial charge in [0.25, 0.3) is 0 Å². The number of aromatic nitrogens is 3. The number of sulfonamides is 1. The molecule has 0 saturated heterocycles. The van der Waals surface area contributed by atoms with E-state index in [9.17, 15) is 8.42 Å². The summed E-state index contributed by atoms with van der Waals surface area (Å²) in [7, 11) is -1.68. The average molecular weight is 301 g/mol. The fourth-order valence-corrected chi connectivity index (χ4v) is 4.06. The highest BCUT2D eigenvalue weighted by Gasteiger charge is 2.18. The van der Waals surface area contributed by atoms with Crippen molar-refractivity contribution in [2.45, 2.75) is 18.0 Å². The van der Waals surface area contributed by atoms with Gasteiger partial charge in [0.2, 0.25) is 10.0 Å². The van der Waals surface area contributed by atoms with Gasteiger partial charge < -0.3 is 5.32 Å². The van der Waals surface area contributed by atoms with Gasteiger partial charge in [-0.3, -0.25) is 4.68 Å². The third-order valence-corrected chi connectivity index (χ3v) is 5.03. The standard InChI is InChI=1S/C10H15N5O2S2/c1-11-8-9-10(2-7-18-9)19(16,17)13-4-6-15-5-3-12-14-15/h2-3,5,7,11,13H,4,6,8H2,1H3. The fraction of sp³-hybridized carbons (Fsp3) is 0.400. The zero-order chi connectivity index (χ0) is 13.7. The summed E-state index contributed by atoms with van der Waals surface area (Å²) in [5.74, 6) is 0. The van der Waals surface area contributed by atoms with Crippen LogP contribution in [0.5, 0.6) is 0 Å². The first-order valence-electron chi connectivity index (χ1n) is 5.68. The van der Waals surface area contributed by atoms with Crippen LogP contribution < -0.4 is 10.0 Å². The van der Waals surface area contributed by atoms with Gasteiger partial charge in [0, 0.05) is 24.2 Å². The summed E-state index contributed by atoms with van der Waals surface area (Å²) < 4.78 is 28.4. The van der Waals surface area contributed by atoms with Crippen LogP contribution in [0.2, 0.25) is 0 Å². The highest BCUT2D eigenvalue weighted by atomic mass is 32.2. The number of hydrogen-bond acceptors (Lipinski definition) is 6. The molecule has 104 valence electrons. The highest BCUT2D eigenvalue weighted by molar-refractivity contribution is 7.89. The zero-order valence-corrected chi connectivity index (χ0v) is 12.0. The molecule has 0 radical (unpaired) electrons. The van der Waals surface area contributed by atoms with Crippen molar-refractivity contribution < 1.29 is 8.42 Å². The minimum Gasteiger partial charge on any atom is -0.315 e. The second-order valence-electron chi connectivity index (χ2n) is 3.80. The van der Waals surface area contributed by atoms with Crippen molar-refractivity contribution in [3.05, 3.63) is 28.7 Å². The molecule has 19 heavy (non-hydrogen) atoms. The predicted molar refractivity (Wildman–Crippen MR) is 72.3 cm³/mol. The summed E-state index contributed by atoms with van der Waals surface area (Å²) in [5, 5.41) is 12.2. The van der Waals surface area contributed by atoms with Crippen molar-refractivity contribution in [3.8, 4) is 0 Å². The van der Waals surface area contributed by atoms with Crippen LogP contribution in [0.1, 0.15) is 4.88 Å². The third kappa shape index (κ3) is 3.60. The Hall–Kier alpha value is -1.29. The average Bonchev–Trinajstić information content (AvgIpc) is 3.00. The van der Waals surface area contributed by atoms with E-state index < -0.39 is 10.0 Å². The minimum absolute atomic E-state index is 0.278. The lowest BCUT2D eigenvalue weighted by Gasteiger charge is -2.07. The molecular weight excluding hydrogens is 286 g/mol. The third-order valence-electron chi connectivity index (χ3n) is 2.44. The Morgan fingerprint density at radius 1 is 1.47 bits per heavy atom. The number of rotatable bonds is 7. The summed E-state index contributed by atoms with van der Waals surface area (Å²) in [6.07, 6.45) is 3.24. The van der Waals surface area contributed by atoms with Crippen molar-refractivity contribution in [2.75, 3.05) is 13.6 Å². The van der Waals surface area contributed by atoms with E-state index >= 15 is 0 Å². The van der Waals surface area contributed by atoms with Gasteiger partial charge in [-0.1, -0.05) is 5.21 Å². The second-order valence-corrected chi connectivity index (χ2v) is 6.54. The molecule has 0 saturated carbocycles. The van der Waals surface area contributed by atoms with Crippen LogP contribution in [-0.2, 0) is 23.1 Å². The van der Waals surface area contributed by atoms with Gasteiger partial charge in [0.1, 0.15) is 0 Å². The predicted octanol–water partition coefficient (Wildman–Crippen LogP) is 0.0375. The van der Waals surface area contributed by atoms with Crippen molar-refractivity contribution in [3.63, 3.8) is 0 Å². The van der Waals surface area contributed by atoms with Gasteiger partial charge in [-0.15, -0.1) is 16.4 Å². The molecule has 2 rings (SSSR count). The molecule has 0 aliphatic heterocycles. The molecule has 7 nitrogen and oxygen atoms in total. The summed E-state index contributed by atoms with van der Waals surface area (Å²) in [6, 6.07) is 1.62. The smallest absolute Gasteiger partial charge is 0.241 e. The normalized spacial score (nSPS) is 11.8. The summed E-state index contributed by atoms with van der Waals surface area (Å²) >= 11 is 1.42. The van der Waals surface area contributed by atoms with Crippen LogP contribution in [0.3, 0.4) is 0 Å². The van der Waals surface area contributed by atoms with E-state index in [-0.39, 0.29) is 6.54 Å². The van der Waals surface area contributed by atoms with E-state index in [1.807, 2.05) is 0 Å². The topological polar surface area (TPSA) is 88.9 Å². The van der Waals surface area contributed by atoms with Gasteiger partial charge in [-0.25, -0.2) is 13.1 Å². The van der Waals surface area contributed by atoms with E-state index in [0.29, 0.717) is 18.0 Å². The molecule has 0 fully saturated rings. The van der Waals surface area contributed by atoms with Crippen LogP contribution in [0.15, 0.2) is 28.7 Å². The first-order valence-corrected chi connectivity index (χ1v) is 8.04. The number of hydrogen-bond donors (Lipinski definition) is 2. The second kappa shape index (κ2) is 6.24. The summed E-state index contributed by atoms with van der Waals surface area (Å²) in [6.45, 7) is 1.27. The molecule has 2 N–H and O–H groups in total. The largest absolute Gasteiger partial charge is 0.315 e. The van der Waals surface area contributed by atoms with Crippen LogP contribution in [0, 0.1) is 0 Å². The van der Waals surface area contributed by atoms with Crippen LogP contribution in [-0.4, -0.2) is 37.0 Å². The summed E-state index contributed by atoms with van der Waals surface area (Å²) in [4.78, 5) is 1.14. The molecule has 0 amide bonds. The Morgan fingerprint density at radius 2 is 2.32 bits per heavy atom. The zero-order valence-electron chi connectivity index (χ0n) is 10.4. The Morgan fingerprint density at radius 3 is 3.00 bits per heavy atom. The maximum atomic E-state index is 12.1. The van der Waals surface area contributed by atoms with Crippen molar-refractivity contribution in [1.29, 1.82) is 0 Å². The SMILES string of the molecule is CNCc1sccc1S(=O)(=O)NCCn1ccnn1. The van der Waals surface area contributed by atoms with E-state index in [4.69, 9.17) is 0 Å². The van der Waals surface area contributed by atoms with Crippen LogP contribution >= 0.6 is 11.3 Å². The van der Waals surface area contributed by atoms with E-state index in [2.05, 4.69) is 20.4 Å². The molecule has 0 atom stereocenters. The molecular formula is C10H15N5O2S2. The van der Waals surface area contributed by atoms with E-state index in [1.54, 1.807) is 35.6 Å². The van der Waals surface area contributed by atoms with Gasteiger partial charge in [-0.05, 0) is 18.5 Å². The molecule has 0 spiro atoms. The maximum absolute atomic E-state index is 12.1. The minimum atomic E-state index is -3.46. The lowest BCUT2D eigenvalue weighted by Crippen LogP contribution is -2.28. The lowest BCUT2D eigenvalue weighted by atomic mass is 10.5. The maximum Gasteiger partial charge on any atom is 0.241 e. The molecule has 2 aromatic rings. The fourth-order valence-electron chi connectivity index (χ4n) is 1.58. The van der Waals surface area contributed by atoms with Crippen LogP contribution in [0.25, 0.3) is 0 Å². The van der Waals surface area contributed by atoms with Crippen molar-refractivity contribution in [2.24, 2.45) is 0 Å². The monoisotopic (exact) mass is 301 g/mol. The van der Waals surface area contributed by atoms with Gasteiger partial charge >= 0.3 is 0 Å². The Balaban J connectivity index is 1.99. The Labute approximate surface area is 115 Å². The Kier molecular flexibility index (Phi) is 4.64. The molecule has 0 bridgehead atoms. The Bertz CT molecular complexity index is 606. The summed E-state index contributed by atoms with van der Waals surface area (Å²) in [5.41, 5.74) is 0. The van der Waals surface area contributed by atoms with Gasteiger partial charge in [0.05, 0.1) is 17.6 Å². The van der Waals surface area contributed by atoms with E-state index in [1.165, 1.54) is 11.3 Å². The molecule has 0 unspecified atom stereocenters. The van der Waals surface area contributed by atoms with E-state index in [0.717, 1.165) is 4.88 Å². The lowest BCUT2D eigenvalue weighted by molar-refractivity contribution is 0.552. The van der Waals surface area contributed by atoms with Crippen LogP contribution in [0.4, 0.5) is 0 Å². The van der Waals surface area contributed by atoms with Crippen molar-refractivity contribution >= 4 is 21.4 Å². The number of nitrogens with one attached hydrogen (secondary N) is 2. The van der Waals surface area contributed by atoms with Gasteiger partial charge in [-0.2, -0.15) is 0 Å². The highest BCUT2D eigenvalue weighted by Crippen LogP contribution is 2.21. The molecule has 9 heteroatoms. The molecule has 2 heterocycles. The number of thiophene rings is 1. The molecule has 2 aromatic heterocycles.